The first-order valence-corrected chi connectivity index (χ1v) is 9.36. The molecule has 1 N–H and O–H groups in total. The van der Waals surface area contributed by atoms with Gasteiger partial charge >= 0.3 is 0 Å². The molecule has 0 unspecified atom stereocenters. The van der Waals surface area contributed by atoms with Gasteiger partial charge in [-0.15, -0.1) is 0 Å². The Bertz CT molecular complexity index is 856. The van der Waals surface area contributed by atoms with Crippen molar-refractivity contribution in [3.63, 3.8) is 0 Å². The Morgan fingerprint density at radius 1 is 1.15 bits per heavy atom. The average Bonchev–Trinajstić information content (AvgIpc) is 3.21. The number of ether oxygens (including phenoxy) is 1. The number of amides is 1. The standard InChI is InChI=1S/C21H25N3O3/c1-14(25)24-12-17-11-23(10-15-3-8-20(26)22-9-15)13-19(17)21(24)16-4-6-18(27-2)7-5-16/h3-9,17,19,21H,10-13H2,1-2H3,(H,22,26)/t17-,19-,21+/m1/s1. The van der Waals surface area contributed by atoms with Crippen molar-refractivity contribution >= 4 is 5.91 Å². The first-order chi connectivity index (χ1) is 13.0. The van der Waals surface area contributed by atoms with Crippen molar-refractivity contribution in [2.45, 2.75) is 19.5 Å². The monoisotopic (exact) mass is 367 g/mol. The van der Waals surface area contributed by atoms with Crippen molar-refractivity contribution in [3.8, 4) is 5.75 Å². The third-order valence-corrected chi connectivity index (χ3v) is 5.86. The number of nitrogens with zero attached hydrogens (tertiary/aromatic N) is 2. The van der Waals surface area contributed by atoms with Gasteiger partial charge in [0.2, 0.25) is 11.5 Å². The number of pyridine rings is 1. The minimum Gasteiger partial charge on any atom is -0.497 e. The molecule has 0 bridgehead atoms. The molecule has 1 amide bonds. The number of aromatic nitrogens is 1. The number of carbonyl (C=O) groups is 1. The minimum absolute atomic E-state index is 0.0753. The molecule has 6 nitrogen and oxygen atoms in total. The summed E-state index contributed by atoms with van der Waals surface area (Å²) in [6.45, 7) is 5.21. The zero-order valence-electron chi connectivity index (χ0n) is 15.7. The van der Waals surface area contributed by atoms with Crippen molar-refractivity contribution in [1.82, 2.24) is 14.8 Å². The Kier molecular flexibility index (Phi) is 4.74. The summed E-state index contributed by atoms with van der Waals surface area (Å²) in [4.78, 5) is 30.7. The molecule has 6 heteroatoms. The molecule has 2 aromatic rings. The van der Waals surface area contributed by atoms with Gasteiger partial charge in [-0.25, -0.2) is 0 Å². The Labute approximate surface area is 158 Å². The number of rotatable bonds is 4. The summed E-state index contributed by atoms with van der Waals surface area (Å²) in [6, 6.07) is 11.7. The number of H-pyrrole nitrogens is 1. The zero-order valence-corrected chi connectivity index (χ0v) is 15.7. The highest BCUT2D eigenvalue weighted by Crippen LogP contribution is 2.45. The molecule has 3 heterocycles. The second-order valence-electron chi connectivity index (χ2n) is 7.57. The highest BCUT2D eigenvalue weighted by Gasteiger charge is 2.48. The summed E-state index contributed by atoms with van der Waals surface area (Å²) in [7, 11) is 1.66. The topological polar surface area (TPSA) is 65.6 Å². The van der Waals surface area contributed by atoms with E-state index in [1.807, 2.05) is 23.1 Å². The number of nitrogens with one attached hydrogen (secondary N) is 1. The van der Waals surface area contributed by atoms with E-state index >= 15 is 0 Å². The van der Waals surface area contributed by atoms with Crippen LogP contribution in [0.4, 0.5) is 0 Å². The van der Waals surface area contributed by atoms with Gasteiger partial charge < -0.3 is 14.6 Å². The largest absolute Gasteiger partial charge is 0.497 e. The summed E-state index contributed by atoms with van der Waals surface area (Å²) >= 11 is 0. The molecule has 2 saturated heterocycles. The van der Waals surface area contributed by atoms with E-state index in [2.05, 4.69) is 22.0 Å². The number of benzene rings is 1. The van der Waals surface area contributed by atoms with Crippen LogP contribution in [0, 0.1) is 11.8 Å². The highest BCUT2D eigenvalue weighted by atomic mass is 16.5. The highest BCUT2D eigenvalue weighted by molar-refractivity contribution is 5.74. The van der Waals surface area contributed by atoms with Gasteiger partial charge in [0.25, 0.3) is 0 Å². The van der Waals surface area contributed by atoms with Gasteiger partial charge in [-0.3, -0.25) is 14.5 Å². The minimum atomic E-state index is -0.0753. The zero-order chi connectivity index (χ0) is 19.0. The van der Waals surface area contributed by atoms with Crippen LogP contribution in [0.3, 0.4) is 0 Å². The molecule has 142 valence electrons. The van der Waals surface area contributed by atoms with Crippen LogP contribution in [0.15, 0.2) is 47.4 Å². The molecule has 3 atom stereocenters. The van der Waals surface area contributed by atoms with E-state index < -0.39 is 0 Å². The number of methoxy groups -OCH3 is 1. The second kappa shape index (κ2) is 7.19. The molecular formula is C21H25N3O3. The molecular weight excluding hydrogens is 342 g/mol. The third kappa shape index (κ3) is 3.49. The fraction of sp³-hybridized carbons (Fsp3) is 0.429. The molecule has 27 heavy (non-hydrogen) atoms. The van der Waals surface area contributed by atoms with Gasteiger partial charge in [-0.2, -0.15) is 0 Å². The van der Waals surface area contributed by atoms with Gasteiger partial charge in [-0.1, -0.05) is 18.2 Å². The molecule has 2 aliphatic heterocycles. The molecule has 0 aliphatic carbocycles. The van der Waals surface area contributed by atoms with Crippen LogP contribution in [-0.2, 0) is 11.3 Å². The van der Waals surface area contributed by atoms with Crippen LogP contribution >= 0.6 is 0 Å². The van der Waals surface area contributed by atoms with Gasteiger partial charge in [-0.05, 0) is 29.2 Å². The number of hydrogen-bond donors (Lipinski definition) is 1. The Hall–Kier alpha value is -2.60. The van der Waals surface area contributed by atoms with Crippen LogP contribution < -0.4 is 10.3 Å². The normalized spacial score (nSPS) is 24.8. The van der Waals surface area contributed by atoms with Crippen LogP contribution in [-0.4, -0.2) is 47.4 Å². The Morgan fingerprint density at radius 2 is 1.93 bits per heavy atom. The fourth-order valence-electron chi connectivity index (χ4n) is 4.62. The lowest BCUT2D eigenvalue weighted by Crippen LogP contribution is -2.34. The SMILES string of the molecule is COc1ccc([C@H]2[C@@H]3CN(Cc4ccc(=O)[nH]c4)C[C@@H]3CN2C(C)=O)cc1. The van der Waals surface area contributed by atoms with Crippen molar-refractivity contribution < 1.29 is 9.53 Å². The molecule has 1 aromatic carbocycles. The van der Waals surface area contributed by atoms with Crippen LogP contribution in [0.25, 0.3) is 0 Å². The van der Waals surface area contributed by atoms with Crippen LogP contribution in [0.5, 0.6) is 5.75 Å². The molecule has 2 fully saturated rings. The maximum atomic E-state index is 12.2. The van der Waals surface area contributed by atoms with E-state index in [4.69, 9.17) is 4.74 Å². The summed E-state index contributed by atoms with van der Waals surface area (Å²) in [5.41, 5.74) is 2.21. The maximum Gasteiger partial charge on any atom is 0.247 e. The van der Waals surface area contributed by atoms with Crippen LogP contribution in [0.2, 0.25) is 0 Å². The lowest BCUT2D eigenvalue weighted by molar-refractivity contribution is -0.130. The molecule has 0 radical (unpaired) electrons. The van der Waals surface area contributed by atoms with Gasteiger partial charge in [0.05, 0.1) is 13.2 Å². The van der Waals surface area contributed by atoms with Gasteiger partial charge in [0, 0.05) is 51.3 Å². The maximum absolute atomic E-state index is 12.2. The smallest absolute Gasteiger partial charge is 0.247 e. The second-order valence-corrected chi connectivity index (χ2v) is 7.57. The molecule has 0 saturated carbocycles. The Balaban J connectivity index is 1.53. The first-order valence-electron chi connectivity index (χ1n) is 9.36. The molecule has 1 aromatic heterocycles. The molecule has 0 spiro atoms. The number of fused-ring (bicyclic) bond motifs is 1. The van der Waals surface area contributed by atoms with Gasteiger partial charge in [0.1, 0.15) is 5.75 Å². The number of aromatic amines is 1. The number of hydrogen-bond acceptors (Lipinski definition) is 4. The van der Waals surface area contributed by atoms with Crippen molar-refractivity contribution in [1.29, 1.82) is 0 Å². The van der Waals surface area contributed by atoms with E-state index in [0.717, 1.165) is 37.5 Å². The third-order valence-electron chi connectivity index (χ3n) is 5.86. The predicted octanol–water partition coefficient (Wildman–Crippen LogP) is 2.03. The van der Waals surface area contributed by atoms with Crippen molar-refractivity contribution in [3.05, 3.63) is 64.1 Å². The lowest BCUT2D eigenvalue weighted by Gasteiger charge is -2.29. The van der Waals surface area contributed by atoms with E-state index in [0.29, 0.717) is 11.8 Å². The summed E-state index contributed by atoms with van der Waals surface area (Å²) in [5.74, 6) is 1.86. The van der Waals surface area contributed by atoms with E-state index in [9.17, 15) is 9.59 Å². The quantitative estimate of drug-likeness (QED) is 0.898. The van der Waals surface area contributed by atoms with E-state index in [1.54, 1.807) is 26.3 Å². The average molecular weight is 367 g/mol. The van der Waals surface area contributed by atoms with Crippen molar-refractivity contribution in [2.24, 2.45) is 11.8 Å². The summed E-state index contributed by atoms with van der Waals surface area (Å²) in [6.07, 6.45) is 1.79. The first kappa shape index (κ1) is 17.8. The lowest BCUT2D eigenvalue weighted by atomic mass is 9.89. The van der Waals surface area contributed by atoms with Crippen LogP contribution in [0.1, 0.15) is 24.1 Å². The van der Waals surface area contributed by atoms with E-state index in [-0.39, 0.29) is 17.5 Å². The van der Waals surface area contributed by atoms with E-state index in [1.165, 1.54) is 5.56 Å². The van der Waals surface area contributed by atoms with Crippen molar-refractivity contribution in [2.75, 3.05) is 26.7 Å². The summed E-state index contributed by atoms with van der Waals surface area (Å²) < 4.78 is 5.27. The number of likely N-dealkylation sites (tertiary alicyclic amines) is 2. The fourth-order valence-corrected chi connectivity index (χ4v) is 4.62. The molecule has 4 rings (SSSR count). The summed E-state index contributed by atoms with van der Waals surface area (Å²) in [5, 5.41) is 0. The number of carbonyl (C=O) groups excluding carboxylic acids is 1. The Morgan fingerprint density at radius 3 is 2.56 bits per heavy atom. The van der Waals surface area contributed by atoms with Gasteiger partial charge in [0.15, 0.2) is 0 Å². The molecule has 2 aliphatic rings. The predicted molar refractivity (Wildman–Crippen MR) is 102 cm³/mol.